The number of para-hydroxylation sites is 4. The normalized spacial score (nSPS) is 11.8. The molecule has 3 aromatic heterocycles. The maximum Gasteiger partial charge on any atom is 0.137 e. The van der Waals surface area contributed by atoms with Gasteiger partial charge in [-0.1, -0.05) is 140 Å². The van der Waals surface area contributed by atoms with E-state index in [1.165, 1.54) is 27.1 Å². The van der Waals surface area contributed by atoms with Gasteiger partial charge >= 0.3 is 0 Å². The van der Waals surface area contributed by atoms with Crippen LogP contribution >= 0.6 is 0 Å². The largest absolute Gasteiger partial charge is 0.456 e. The Labute approximate surface area is 420 Å². The molecule has 0 aliphatic heterocycles. The fourth-order valence-electron chi connectivity index (χ4n) is 11.3. The molecule has 73 heavy (non-hydrogen) atoms. The highest BCUT2D eigenvalue weighted by Gasteiger charge is 2.23. The van der Waals surface area contributed by atoms with E-state index in [1.807, 2.05) is 24.3 Å². The van der Waals surface area contributed by atoms with Crippen LogP contribution in [0.2, 0.25) is 0 Å². The highest BCUT2D eigenvalue weighted by atomic mass is 16.3. The summed E-state index contributed by atoms with van der Waals surface area (Å²) in [4.78, 5) is 4.76. The lowest BCUT2D eigenvalue weighted by Gasteiger charge is -2.30. The van der Waals surface area contributed by atoms with Gasteiger partial charge in [0.15, 0.2) is 0 Å². The average Bonchev–Trinajstić information content (AvgIpc) is 4.12. The molecular formula is C68H43N3O2. The minimum absolute atomic E-state index is 0.832. The van der Waals surface area contributed by atoms with E-state index in [1.54, 1.807) is 0 Å². The summed E-state index contributed by atoms with van der Waals surface area (Å²) in [5, 5.41) is 11.4. The molecule has 12 aromatic carbocycles. The van der Waals surface area contributed by atoms with Gasteiger partial charge in [-0.2, -0.15) is 0 Å². The fourth-order valence-corrected chi connectivity index (χ4v) is 11.3. The summed E-state index contributed by atoms with van der Waals surface area (Å²) < 4.78 is 15.6. The topological polar surface area (TPSA) is 37.7 Å². The smallest absolute Gasteiger partial charge is 0.137 e. The first-order valence-corrected chi connectivity index (χ1v) is 24.8. The van der Waals surface area contributed by atoms with Crippen molar-refractivity contribution in [3.8, 4) is 16.8 Å². The van der Waals surface area contributed by atoms with Crippen LogP contribution in [0.1, 0.15) is 0 Å². The quantitative estimate of drug-likeness (QED) is 0.152. The SMILES string of the molecule is c1ccc(-n2c3ccccc3c3cc(-c4cc(N(c5ccc6ccccc6c5)c5ccc6c(c5)oc5ccccc56)cc(N(c5ccc6ccccc6c5)c5ccc6c(c5)oc5ccccc56)c4)ccc32)cc1. The second-order valence-corrected chi connectivity index (χ2v) is 18.9. The highest BCUT2D eigenvalue weighted by molar-refractivity contribution is 6.11. The molecule has 342 valence electrons. The molecule has 0 spiro atoms. The Morgan fingerprint density at radius 1 is 0.247 bits per heavy atom. The molecule has 0 atom stereocenters. The van der Waals surface area contributed by atoms with Crippen LogP contribution in [-0.2, 0) is 0 Å². The molecule has 0 aliphatic carbocycles. The summed E-state index contributed by atoms with van der Waals surface area (Å²) in [7, 11) is 0. The lowest BCUT2D eigenvalue weighted by Crippen LogP contribution is -2.13. The first-order valence-electron chi connectivity index (χ1n) is 24.8. The number of benzene rings is 12. The molecule has 0 saturated carbocycles. The number of aromatic nitrogens is 1. The Hall–Kier alpha value is -9.84. The Morgan fingerprint density at radius 3 is 1.29 bits per heavy atom. The first-order chi connectivity index (χ1) is 36.1. The third-order valence-electron chi connectivity index (χ3n) is 14.7. The van der Waals surface area contributed by atoms with Crippen LogP contribution in [0.4, 0.5) is 34.1 Å². The molecule has 0 unspecified atom stereocenters. The van der Waals surface area contributed by atoms with Crippen molar-refractivity contribution in [1.29, 1.82) is 0 Å². The Kier molecular flexibility index (Phi) is 9.19. The summed E-state index contributed by atoms with van der Waals surface area (Å²) in [5.74, 6) is 0. The van der Waals surface area contributed by atoms with Gasteiger partial charge in [0.05, 0.1) is 11.0 Å². The van der Waals surface area contributed by atoms with Crippen LogP contribution in [-0.4, -0.2) is 4.57 Å². The molecule has 15 aromatic rings. The van der Waals surface area contributed by atoms with Gasteiger partial charge in [0.25, 0.3) is 0 Å². The van der Waals surface area contributed by atoms with Gasteiger partial charge < -0.3 is 23.2 Å². The van der Waals surface area contributed by atoms with Gasteiger partial charge in [-0.3, -0.25) is 0 Å². The van der Waals surface area contributed by atoms with E-state index >= 15 is 0 Å². The number of hydrogen-bond acceptors (Lipinski definition) is 4. The van der Waals surface area contributed by atoms with Crippen LogP contribution in [0.5, 0.6) is 0 Å². The maximum atomic E-state index is 6.61. The maximum absolute atomic E-state index is 6.61. The van der Waals surface area contributed by atoms with E-state index in [4.69, 9.17) is 8.83 Å². The van der Waals surface area contributed by atoms with Gasteiger partial charge in [0.1, 0.15) is 22.3 Å². The monoisotopic (exact) mass is 933 g/mol. The van der Waals surface area contributed by atoms with Crippen LogP contribution in [0, 0.1) is 0 Å². The lowest BCUT2D eigenvalue weighted by molar-refractivity contribution is 0.668. The van der Waals surface area contributed by atoms with Crippen LogP contribution in [0.15, 0.2) is 270 Å². The Balaban J connectivity index is 1.01. The van der Waals surface area contributed by atoms with Crippen LogP contribution in [0.25, 0.3) is 104 Å². The first kappa shape index (κ1) is 41.0. The summed E-state index contributed by atoms with van der Waals surface area (Å²) in [6.07, 6.45) is 0. The number of furan rings is 2. The molecule has 3 heterocycles. The number of nitrogens with zero attached hydrogens (tertiary/aromatic N) is 3. The molecule has 0 aliphatic rings. The molecule has 0 saturated heterocycles. The summed E-state index contributed by atoms with van der Waals surface area (Å²) >= 11 is 0. The molecule has 5 heteroatoms. The van der Waals surface area contributed by atoms with E-state index in [9.17, 15) is 0 Å². The number of rotatable bonds is 8. The Bertz CT molecular complexity index is 4440. The molecule has 0 N–H and O–H groups in total. The zero-order valence-electron chi connectivity index (χ0n) is 39.5. The summed E-state index contributed by atoms with van der Waals surface area (Å²) in [6.45, 7) is 0. The second-order valence-electron chi connectivity index (χ2n) is 18.9. The Morgan fingerprint density at radius 2 is 0.699 bits per heavy atom. The van der Waals surface area contributed by atoms with Crippen molar-refractivity contribution in [1.82, 2.24) is 4.57 Å². The van der Waals surface area contributed by atoms with Gasteiger partial charge in [0.2, 0.25) is 0 Å². The van der Waals surface area contributed by atoms with Crippen molar-refractivity contribution >= 4 is 121 Å². The van der Waals surface area contributed by atoms with Gasteiger partial charge in [0, 0.05) is 84.3 Å². The number of hydrogen-bond donors (Lipinski definition) is 0. The predicted octanol–water partition coefficient (Wildman–Crippen LogP) is 19.5. The summed E-state index contributed by atoms with van der Waals surface area (Å²) in [5.41, 5.74) is 15.0. The van der Waals surface area contributed by atoms with Crippen LogP contribution in [0.3, 0.4) is 0 Å². The van der Waals surface area contributed by atoms with E-state index in [0.717, 1.165) is 111 Å². The molecule has 5 nitrogen and oxygen atoms in total. The van der Waals surface area contributed by atoms with Gasteiger partial charge in [-0.05, 0) is 142 Å². The van der Waals surface area contributed by atoms with E-state index in [2.05, 4.69) is 251 Å². The minimum atomic E-state index is 0.832. The zero-order chi connectivity index (χ0) is 48.0. The number of fused-ring (bicyclic) bond motifs is 11. The molecule has 0 amide bonds. The average molecular weight is 934 g/mol. The van der Waals surface area contributed by atoms with Crippen molar-refractivity contribution in [3.05, 3.63) is 261 Å². The fraction of sp³-hybridized carbons (Fsp3) is 0. The second kappa shape index (κ2) is 16.4. The minimum Gasteiger partial charge on any atom is -0.456 e. The van der Waals surface area contributed by atoms with E-state index in [-0.39, 0.29) is 0 Å². The third-order valence-corrected chi connectivity index (χ3v) is 14.7. The van der Waals surface area contributed by atoms with Gasteiger partial charge in [-0.15, -0.1) is 0 Å². The van der Waals surface area contributed by atoms with Crippen molar-refractivity contribution in [2.75, 3.05) is 9.80 Å². The molecular weight excluding hydrogens is 891 g/mol. The number of anilines is 6. The lowest BCUT2D eigenvalue weighted by atomic mass is 9.99. The van der Waals surface area contributed by atoms with Crippen molar-refractivity contribution in [2.24, 2.45) is 0 Å². The highest BCUT2D eigenvalue weighted by Crippen LogP contribution is 2.47. The molecule has 15 rings (SSSR count). The van der Waals surface area contributed by atoms with Gasteiger partial charge in [-0.25, -0.2) is 0 Å². The predicted molar refractivity (Wildman–Crippen MR) is 305 cm³/mol. The zero-order valence-corrected chi connectivity index (χ0v) is 39.5. The molecule has 0 radical (unpaired) electrons. The van der Waals surface area contributed by atoms with Crippen molar-refractivity contribution in [2.45, 2.75) is 0 Å². The molecule has 0 bridgehead atoms. The van der Waals surface area contributed by atoms with E-state index in [0.29, 0.717) is 0 Å². The van der Waals surface area contributed by atoms with Crippen molar-refractivity contribution in [3.63, 3.8) is 0 Å². The van der Waals surface area contributed by atoms with Crippen molar-refractivity contribution < 1.29 is 8.83 Å². The van der Waals surface area contributed by atoms with Crippen LogP contribution < -0.4 is 9.80 Å². The standard InChI is InChI=1S/C68H43N3O2/c1-2-18-50(19-3-1)71-63-23-11-8-20-57(63)62-40-48(28-35-64(62)71)49-38-55(69(51-29-26-44-14-4-6-16-46(44)36-51)53-31-33-60-58-21-9-12-24-65(58)72-67(60)42-53)41-56(39-49)70(52-30-27-45-15-5-7-17-47(45)37-52)54-32-34-61-59-22-10-13-25-66(59)73-68(61)43-54/h1-43H. The summed E-state index contributed by atoms with van der Waals surface area (Å²) in [6, 6.07) is 93.9. The van der Waals surface area contributed by atoms with E-state index < -0.39 is 0 Å². The molecule has 0 fully saturated rings. The third kappa shape index (κ3) is 6.78.